The van der Waals surface area contributed by atoms with Crippen molar-refractivity contribution in [3.8, 4) is 28.2 Å². The van der Waals surface area contributed by atoms with Crippen LogP contribution in [0.4, 0.5) is 0 Å². The van der Waals surface area contributed by atoms with Crippen LogP contribution in [0.15, 0.2) is 200 Å². The van der Waals surface area contributed by atoms with Gasteiger partial charge in [0.25, 0.3) is 0 Å². The lowest BCUT2D eigenvalue weighted by molar-refractivity contribution is 0.592. The van der Waals surface area contributed by atoms with Gasteiger partial charge in [-0.15, -0.1) is 0 Å². The number of aromatic nitrogens is 4. The van der Waals surface area contributed by atoms with Crippen LogP contribution < -0.4 is 15.9 Å². The summed E-state index contributed by atoms with van der Waals surface area (Å²) in [5, 5.41) is 5.41. The van der Waals surface area contributed by atoms with Crippen LogP contribution in [0.2, 0.25) is 0 Å². The number of hydrogen-bond acceptors (Lipinski definition) is 3. The average Bonchev–Trinajstić information content (AvgIpc) is 3.83. The number of benzene rings is 8. The third-order valence-electron chi connectivity index (χ3n) is 11.0. The van der Waals surface area contributed by atoms with E-state index in [4.69, 9.17) is 9.97 Å². The highest BCUT2D eigenvalue weighted by Crippen LogP contribution is 2.45. The van der Waals surface area contributed by atoms with Gasteiger partial charge in [0.1, 0.15) is 5.65 Å². The van der Waals surface area contributed by atoms with E-state index in [9.17, 15) is 0 Å². The smallest absolute Gasteiger partial charge is 0.221 e. The predicted octanol–water partition coefficient (Wildman–Crippen LogP) is 11.1. The van der Waals surface area contributed by atoms with Crippen LogP contribution in [0.5, 0.6) is 0 Å². The lowest BCUT2D eigenvalue weighted by Crippen LogP contribution is -2.25. The van der Waals surface area contributed by atoms with Gasteiger partial charge in [-0.3, -0.25) is 8.97 Å². The van der Waals surface area contributed by atoms with Gasteiger partial charge in [0.05, 0.1) is 27.6 Å². The van der Waals surface area contributed by atoms with Crippen molar-refractivity contribution in [1.29, 1.82) is 0 Å². The number of imidazole rings is 1. The van der Waals surface area contributed by atoms with Gasteiger partial charge in [-0.2, -0.15) is 0 Å². The molecule has 56 heavy (non-hydrogen) atoms. The molecular weight excluding hydrogens is 704 g/mol. The summed E-state index contributed by atoms with van der Waals surface area (Å²) in [5.74, 6) is 0.752. The van der Waals surface area contributed by atoms with Gasteiger partial charge in [-0.1, -0.05) is 152 Å². The summed E-state index contributed by atoms with van der Waals surface area (Å²) in [5.41, 5.74) is 10.0. The van der Waals surface area contributed by atoms with Crippen molar-refractivity contribution in [3.05, 3.63) is 200 Å². The monoisotopic (exact) mass is 736 g/mol. The summed E-state index contributed by atoms with van der Waals surface area (Å²) in [6.07, 6.45) is 0. The molecule has 0 N–H and O–H groups in total. The Labute approximate surface area is 323 Å². The van der Waals surface area contributed by atoms with Gasteiger partial charge in [-0.25, -0.2) is 9.97 Å². The molecule has 0 spiro atoms. The molecule has 5 nitrogen and oxygen atoms in total. The Morgan fingerprint density at radius 2 is 0.857 bits per heavy atom. The third kappa shape index (κ3) is 4.98. The molecule has 0 aliphatic carbocycles. The van der Waals surface area contributed by atoms with Crippen LogP contribution in [-0.4, -0.2) is 18.9 Å². The molecule has 0 saturated heterocycles. The zero-order chi connectivity index (χ0) is 37.2. The molecule has 0 fully saturated rings. The Morgan fingerprint density at radius 3 is 1.50 bits per heavy atom. The fourth-order valence-electron chi connectivity index (χ4n) is 8.29. The number of nitrogens with zero attached hydrogens (tertiary/aromatic N) is 4. The number of fused-ring (bicyclic) bond motifs is 8. The molecule has 3 heterocycles. The first-order valence-corrected chi connectivity index (χ1v) is 20.5. The molecule has 0 atom stereocenters. The van der Waals surface area contributed by atoms with Crippen molar-refractivity contribution in [3.63, 3.8) is 0 Å². The summed E-state index contributed by atoms with van der Waals surface area (Å²) in [6, 6.07) is 68.3. The predicted molar refractivity (Wildman–Crippen MR) is 233 cm³/mol. The molecule has 0 bridgehead atoms. The van der Waals surface area contributed by atoms with Crippen LogP contribution in [-0.2, 0) is 4.57 Å². The molecule has 0 amide bonds. The maximum Gasteiger partial charge on any atom is 0.221 e. The second kappa shape index (κ2) is 12.8. The van der Waals surface area contributed by atoms with Crippen molar-refractivity contribution >= 4 is 72.4 Å². The van der Waals surface area contributed by atoms with E-state index in [1.165, 1.54) is 0 Å². The van der Waals surface area contributed by atoms with Crippen molar-refractivity contribution in [2.45, 2.75) is 0 Å². The van der Waals surface area contributed by atoms with Gasteiger partial charge in [0.15, 0.2) is 7.14 Å². The van der Waals surface area contributed by atoms with Crippen LogP contribution in [0, 0.1) is 0 Å². The molecule has 0 saturated carbocycles. The van der Waals surface area contributed by atoms with Gasteiger partial charge in [-0.05, 0) is 70.8 Å². The first-order chi connectivity index (χ1) is 27.6. The Balaban J connectivity index is 1.15. The molecule has 264 valence electrons. The highest BCUT2D eigenvalue weighted by Gasteiger charge is 2.31. The molecule has 0 unspecified atom stereocenters. The maximum atomic E-state index is 16.2. The zero-order valence-corrected chi connectivity index (χ0v) is 31.1. The lowest BCUT2D eigenvalue weighted by Gasteiger charge is -2.21. The Bertz CT molecular complexity index is 3230. The second-order valence-corrected chi connectivity index (χ2v) is 16.9. The number of rotatable bonds is 6. The lowest BCUT2D eigenvalue weighted by atomic mass is 10.1. The number of hydrogen-bond donors (Lipinski definition) is 0. The minimum Gasteiger partial charge on any atom is -0.309 e. The van der Waals surface area contributed by atoms with Crippen LogP contribution in [0.25, 0.3) is 77.6 Å². The van der Waals surface area contributed by atoms with Gasteiger partial charge in [0, 0.05) is 32.1 Å². The van der Waals surface area contributed by atoms with E-state index >= 15 is 4.57 Å². The van der Waals surface area contributed by atoms with E-state index in [0.29, 0.717) is 0 Å². The molecule has 6 heteroatoms. The summed E-state index contributed by atoms with van der Waals surface area (Å²) in [7, 11) is -3.38. The molecule has 0 radical (unpaired) electrons. The zero-order valence-electron chi connectivity index (χ0n) is 30.2. The molecular formula is C50H33N4OP. The highest BCUT2D eigenvalue weighted by molar-refractivity contribution is 7.85. The molecule has 11 rings (SSSR count). The summed E-state index contributed by atoms with van der Waals surface area (Å²) < 4.78 is 20.6. The minimum atomic E-state index is -3.38. The summed E-state index contributed by atoms with van der Waals surface area (Å²) in [6.45, 7) is 0. The minimum absolute atomic E-state index is 0.752. The van der Waals surface area contributed by atoms with E-state index in [1.54, 1.807) is 0 Å². The third-order valence-corrected chi connectivity index (χ3v) is 14.1. The Hall–Kier alpha value is -7.07. The number of para-hydroxylation sites is 4. The van der Waals surface area contributed by atoms with E-state index < -0.39 is 7.14 Å². The maximum absolute atomic E-state index is 16.2. The Morgan fingerprint density at radius 1 is 0.375 bits per heavy atom. The van der Waals surface area contributed by atoms with E-state index in [2.05, 4.69) is 118 Å². The van der Waals surface area contributed by atoms with E-state index in [-0.39, 0.29) is 0 Å². The quantitative estimate of drug-likeness (QED) is 0.160. The fourth-order valence-corrected chi connectivity index (χ4v) is 10.9. The van der Waals surface area contributed by atoms with E-state index in [1.807, 2.05) is 91.0 Å². The summed E-state index contributed by atoms with van der Waals surface area (Å²) in [4.78, 5) is 10.4. The van der Waals surface area contributed by atoms with Crippen LogP contribution >= 0.6 is 7.14 Å². The second-order valence-electron chi connectivity index (χ2n) is 14.2. The highest BCUT2D eigenvalue weighted by atomic mass is 31.2. The van der Waals surface area contributed by atoms with Crippen molar-refractivity contribution in [1.82, 2.24) is 18.9 Å². The first kappa shape index (κ1) is 32.4. The molecule has 0 aliphatic heterocycles. The molecule has 11 aromatic rings. The topological polar surface area (TPSA) is 52.2 Å². The van der Waals surface area contributed by atoms with Gasteiger partial charge < -0.3 is 4.57 Å². The van der Waals surface area contributed by atoms with Crippen LogP contribution in [0.3, 0.4) is 0 Å². The standard InChI is InChI=1S/C50H33N4OP/c55-56(38-27-23-36(24-28-38)34-13-3-1-4-14-34,39-29-25-37(26-30-39)35-15-5-2-6-16-35)40-31-32-47-43(33-40)41-17-8-11-21-46(41)53(47)50-52-44-19-9-7-18-42(44)49-51-45-20-10-12-22-48(45)54(49)50/h1-33H. The average molecular weight is 737 g/mol. The van der Waals surface area contributed by atoms with Gasteiger partial charge >= 0.3 is 0 Å². The van der Waals surface area contributed by atoms with Crippen molar-refractivity contribution in [2.75, 3.05) is 0 Å². The first-order valence-electron chi connectivity index (χ1n) is 18.8. The largest absolute Gasteiger partial charge is 0.309 e. The fraction of sp³-hybridized carbons (Fsp3) is 0. The van der Waals surface area contributed by atoms with Crippen LogP contribution in [0.1, 0.15) is 0 Å². The molecule has 8 aromatic carbocycles. The van der Waals surface area contributed by atoms with Gasteiger partial charge in [0.2, 0.25) is 5.95 Å². The van der Waals surface area contributed by atoms with E-state index in [0.717, 1.165) is 93.5 Å². The summed E-state index contributed by atoms with van der Waals surface area (Å²) >= 11 is 0. The van der Waals surface area contributed by atoms with Crippen molar-refractivity contribution < 1.29 is 4.57 Å². The SMILES string of the molecule is O=P(c1ccc(-c2ccccc2)cc1)(c1ccc(-c2ccccc2)cc1)c1ccc2c(c1)c1ccccc1n2-c1nc2ccccc2c2nc3ccccc3n12. The molecule has 0 aliphatic rings. The Kier molecular flexibility index (Phi) is 7.38. The van der Waals surface area contributed by atoms with Crippen molar-refractivity contribution in [2.24, 2.45) is 0 Å². The normalized spacial score (nSPS) is 12.0. The molecule has 3 aromatic heterocycles.